The molecule has 0 bridgehead atoms. The van der Waals surface area contributed by atoms with Gasteiger partial charge in [0.1, 0.15) is 11.6 Å². The quantitative estimate of drug-likeness (QED) is 0.738. The molecule has 0 aliphatic rings. The fraction of sp³-hybridized carbons (Fsp3) is 0.429. The molecular formula is C7H9F2N3. The summed E-state index contributed by atoms with van der Waals surface area (Å²) in [5.74, 6) is 0.355. The van der Waals surface area contributed by atoms with Crippen molar-refractivity contribution in [2.24, 2.45) is 0 Å². The van der Waals surface area contributed by atoms with Crippen molar-refractivity contribution >= 4 is 5.82 Å². The number of alkyl halides is 2. The Balaban J connectivity index is 3.03. The highest BCUT2D eigenvalue weighted by atomic mass is 19.3. The largest absolute Gasteiger partial charge is 0.383 e. The summed E-state index contributed by atoms with van der Waals surface area (Å²) >= 11 is 0. The van der Waals surface area contributed by atoms with E-state index in [0.29, 0.717) is 12.2 Å². The van der Waals surface area contributed by atoms with Crippen LogP contribution in [0.2, 0.25) is 0 Å². The average molecular weight is 173 g/mol. The summed E-state index contributed by atoms with van der Waals surface area (Å²) in [7, 11) is 0. The number of nitrogens with zero attached hydrogens (tertiary/aromatic N) is 2. The highest BCUT2D eigenvalue weighted by Gasteiger charge is 2.12. The Bertz CT molecular complexity index is 275. The van der Waals surface area contributed by atoms with Crippen LogP contribution < -0.4 is 5.73 Å². The van der Waals surface area contributed by atoms with Crippen LogP contribution in [0.3, 0.4) is 0 Å². The van der Waals surface area contributed by atoms with Crippen molar-refractivity contribution in [3.8, 4) is 0 Å². The molecule has 0 aliphatic carbocycles. The first-order valence-electron chi connectivity index (χ1n) is 3.54. The molecule has 0 radical (unpaired) electrons. The van der Waals surface area contributed by atoms with Crippen molar-refractivity contribution in [1.29, 1.82) is 0 Å². The maximum atomic E-state index is 12.1. The maximum Gasteiger partial charge on any atom is 0.268 e. The second-order valence-corrected chi connectivity index (χ2v) is 2.28. The van der Waals surface area contributed by atoms with Crippen molar-refractivity contribution in [2.75, 3.05) is 5.73 Å². The molecular weight excluding hydrogens is 164 g/mol. The van der Waals surface area contributed by atoms with Gasteiger partial charge in [0, 0.05) is 12.6 Å². The van der Waals surface area contributed by atoms with Crippen molar-refractivity contribution < 1.29 is 8.78 Å². The number of hydrogen-bond acceptors (Lipinski definition) is 3. The van der Waals surface area contributed by atoms with E-state index in [-0.39, 0.29) is 11.4 Å². The maximum absolute atomic E-state index is 12.1. The molecule has 0 fully saturated rings. The lowest BCUT2D eigenvalue weighted by Crippen LogP contribution is -2.03. The second-order valence-electron chi connectivity index (χ2n) is 2.28. The number of aromatic nitrogens is 2. The van der Waals surface area contributed by atoms with E-state index in [1.165, 1.54) is 0 Å². The number of anilines is 1. The lowest BCUT2D eigenvalue weighted by Gasteiger charge is -2.03. The normalized spacial score (nSPS) is 10.7. The van der Waals surface area contributed by atoms with Gasteiger partial charge in [-0.1, -0.05) is 6.92 Å². The SMILES string of the molecule is CCc1ncc(C(F)F)c(N)n1. The van der Waals surface area contributed by atoms with Crippen LogP contribution in [0, 0.1) is 0 Å². The van der Waals surface area contributed by atoms with Gasteiger partial charge in [0.15, 0.2) is 0 Å². The fourth-order valence-electron chi connectivity index (χ4n) is 0.781. The highest BCUT2D eigenvalue weighted by molar-refractivity contribution is 5.38. The number of halogens is 2. The van der Waals surface area contributed by atoms with Gasteiger partial charge in [-0.25, -0.2) is 18.7 Å². The summed E-state index contributed by atoms with van der Waals surface area (Å²) in [6.45, 7) is 1.83. The molecule has 1 aromatic rings. The van der Waals surface area contributed by atoms with E-state index in [4.69, 9.17) is 5.73 Å². The molecule has 1 rings (SSSR count). The van der Waals surface area contributed by atoms with Crippen molar-refractivity contribution in [3.05, 3.63) is 17.6 Å². The summed E-state index contributed by atoms with van der Waals surface area (Å²) in [5.41, 5.74) is 4.97. The van der Waals surface area contributed by atoms with Gasteiger partial charge in [-0.05, 0) is 0 Å². The Morgan fingerprint density at radius 3 is 2.67 bits per heavy atom. The summed E-state index contributed by atoms with van der Waals surface area (Å²) < 4.78 is 24.2. The Morgan fingerprint density at radius 1 is 1.58 bits per heavy atom. The van der Waals surface area contributed by atoms with Gasteiger partial charge in [-0.15, -0.1) is 0 Å². The van der Waals surface area contributed by atoms with Gasteiger partial charge in [-0.3, -0.25) is 0 Å². The van der Waals surface area contributed by atoms with Crippen molar-refractivity contribution in [2.45, 2.75) is 19.8 Å². The van der Waals surface area contributed by atoms with E-state index >= 15 is 0 Å². The Labute approximate surface area is 68.6 Å². The topological polar surface area (TPSA) is 51.8 Å². The van der Waals surface area contributed by atoms with Gasteiger partial charge < -0.3 is 5.73 Å². The van der Waals surface area contributed by atoms with Crippen molar-refractivity contribution in [1.82, 2.24) is 9.97 Å². The summed E-state index contributed by atoms with van der Waals surface area (Å²) in [4.78, 5) is 7.41. The molecule has 0 saturated heterocycles. The van der Waals surface area contributed by atoms with E-state index in [0.717, 1.165) is 6.20 Å². The van der Waals surface area contributed by atoms with Crippen LogP contribution in [0.4, 0.5) is 14.6 Å². The van der Waals surface area contributed by atoms with Crippen LogP contribution >= 0.6 is 0 Å². The molecule has 0 spiro atoms. The molecule has 0 unspecified atom stereocenters. The minimum absolute atomic E-state index is 0.128. The molecule has 0 amide bonds. The van der Waals surface area contributed by atoms with Crippen LogP contribution in [0.25, 0.3) is 0 Å². The molecule has 0 aliphatic heterocycles. The molecule has 2 N–H and O–H groups in total. The Morgan fingerprint density at radius 2 is 2.25 bits per heavy atom. The smallest absolute Gasteiger partial charge is 0.268 e. The summed E-state index contributed by atoms with van der Waals surface area (Å²) in [6.07, 6.45) is -0.935. The minimum atomic E-state index is -2.60. The van der Waals surface area contributed by atoms with E-state index < -0.39 is 6.43 Å². The lowest BCUT2D eigenvalue weighted by molar-refractivity contribution is 0.151. The second kappa shape index (κ2) is 3.42. The molecule has 66 valence electrons. The van der Waals surface area contributed by atoms with Gasteiger partial charge in [-0.2, -0.15) is 0 Å². The summed E-state index contributed by atoms with van der Waals surface area (Å²) in [5, 5.41) is 0. The minimum Gasteiger partial charge on any atom is -0.383 e. The van der Waals surface area contributed by atoms with Gasteiger partial charge >= 0.3 is 0 Å². The molecule has 5 heteroatoms. The highest BCUT2D eigenvalue weighted by Crippen LogP contribution is 2.21. The standard InChI is InChI=1S/C7H9F2N3/c1-2-5-11-3-4(6(8)9)7(10)12-5/h3,6H,2H2,1H3,(H2,10,11,12). The third-order valence-electron chi connectivity index (χ3n) is 1.45. The fourth-order valence-corrected chi connectivity index (χ4v) is 0.781. The van der Waals surface area contributed by atoms with E-state index in [1.807, 2.05) is 6.92 Å². The Hall–Kier alpha value is -1.26. The van der Waals surface area contributed by atoms with Crippen LogP contribution in [0.5, 0.6) is 0 Å². The van der Waals surface area contributed by atoms with E-state index in [1.54, 1.807) is 0 Å². The number of nitrogens with two attached hydrogens (primary N) is 1. The lowest BCUT2D eigenvalue weighted by atomic mass is 10.3. The number of aryl methyl sites for hydroxylation is 1. The third kappa shape index (κ3) is 1.66. The summed E-state index contributed by atoms with van der Waals surface area (Å²) in [6, 6.07) is 0. The molecule has 3 nitrogen and oxygen atoms in total. The zero-order valence-electron chi connectivity index (χ0n) is 6.59. The number of nitrogen functional groups attached to an aromatic ring is 1. The first-order valence-corrected chi connectivity index (χ1v) is 3.54. The van der Waals surface area contributed by atoms with E-state index in [9.17, 15) is 8.78 Å². The number of hydrogen-bond donors (Lipinski definition) is 1. The molecule has 0 saturated carbocycles. The monoisotopic (exact) mass is 173 g/mol. The predicted molar refractivity (Wildman–Crippen MR) is 40.8 cm³/mol. The van der Waals surface area contributed by atoms with Crippen LogP contribution in [0.1, 0.15) is 24.7 Å². The molecule has 1 aromatic heterocycles. The Kier molecular flexibility index (Phi) is 2.52. The molecule has 12 heavy (non-hydrogen) atoms. The van der Waals surface area contributed by atoms with Gasteiger partial charge in [0.05, 0.1) is 5.56 Å². The molecule has 1 heterocycles. The number of rotatable bonds is 2. The first kappa shape index (κ1) is 8.83. The third-order valence-corrected chi connectivity index (χ3v) is 1.45. The predicted octanol–water partition coefficient (Wildman–Crippen LogP) is 1.56. The molecule has 0 atom stereocenters. The zero-order chi connectivity index (χ0) is 9.14. The van der Waals surface area contributed by atoms with Gasteiger partial charge in [0.25, 0.3) is 6.43 Å². The van der Waals surface area contributed by atoms with Crippen LogP contribution in [-0.2, 0) is 6.42 Å². The van der Waals surface area contributed by atoms with Crippen LogP contribution in [-0.4, -0.2) is 9.97 Å². The zero-order valence-corrected chi connectivity index (χ0v) is 6.59. The van der Waals surface area contributed by atoms with Gasteiger partial charge in [0.2, 0.25) is 0 Å². The average Bonchev–Trinajstić information content (AvgIpc) is 2.03. The van der Waals surface area contributed by atoms with Crippen LogP contribution in [0.15, 0.2) is 6.20 Å². The van der Waals surface area contributed by atoms with E-state index in [2.05, 4.69) is 9.97 Å². The first-order chi connectivity index (χ1) is 5.65. The molecule has 0 aromatic carbocycles. The van der Waals surface area contributed by atoms with Crippen molar-refractivity contribution in [3.63, 3.8) is 0 Å².